The molecule has 1 heterocycles. The van der Waals surface area contributed by atoms with Gasteiger partial charge in [-0.3, -0.25) is 10.3 Å². The van der Waals surface area contributed by atoms with Crippen LogP contribution in [0.25, 0.3) is 0 Å². The van der Waals surface area contributed by atoms with Gasteiger partial charge in [-0.05, 0) is 39.5 Å². The van der Waals surface area contributed by atoms with E-state index < -0.39 is 0 Å². The van der Waals surface area contributed by atoms with Crippen molar-refractivity contribution in [3.05, 3.63) is 35.1 Å². The van der Waals surface area contributed by atoms with Crippen LogP contribution >= 0.6 is 0 Å². The second-order valence-corrected chi connectivity index (χ2v) is 5.72. The normalized spacial score (nSPS) is 19.7. The van der Waals surface area contributed by atoms with Gasteiger partial charge in [-0.15, -0.1) is 0 Å². The quantitative estimate of drug-likeness (QED) is 0.636. The van der Waals surface area contributed by atoms with Crippen molar-refractivity contribution in [2.24, 2.45) is 5.73 Å². The molecule has 4 nitrogen and oxygen atoms in total. The van der Waals surface area contributed by atoms with E-state index >= 15 is 0 Å². The van der Waals surface area contributed by atoms with Crippen molar-refractivity contribution in [3.8, 4) is 0 Å². The summed E-state index contributed by atoms with van der Waals surface area (Å²) in [6.45, 7) is 2.59. The molecule has 0 aliphatic carbocycles. The second kappa shape index (κ2) is 6.33. The highest BCUT2D eigenvalue weighted by atomic mass is 19.1. The summed E-state index contributed by atoms with van der Waals surface area (Å²) in [6, 6.07) is 5.59. The Morgan fingerprint density at radius 2 is 2.25 bits per heavy atom. The highest BCUT2D eigenvalue weighted by Gasteiger charge is 2.26. The van der Waals surface area contributed by atoms with Gasteiger partial charge in [0.2, 0.25) is 0 Å². The molecule has 0 radical (unpaired) electrons. The molecule has 0 saturated carbocycles. The maximum Gasteiger partial charge on any atom is 0.138 e. The first-order chi connectivity index (χ1) is 9.49. The van der Waals surface area contributed by atoms with E-state index in [1.54, 1.807) is 18.2 Å². The molecule has 0 bridgehead atoms. The van der Waals surface area contributed by atoms with Gasteiger partial charge in [0.15, 0.2) is 0 Å². The van der Waals surface area contributed by atoms with E-state index in [0.717, 1.165) is 25.9 Å². The van der Waals surface area contributed by atoms with Gasteiger partial charge in [0.25, 0.3) is 0 Å². The first-order valence-electron chi connectivity index (χ1n) is 6.99. The highest BCUT2D eigenvalue weighted by Crippen LogP contribution is 2.22. The third-order valence-corrected chi connectivity index (χ3v) is 3.82. The van der Waals surface area contributed by atoms with Crippen molar-refractivity contribution in [2.75, 3.05) is 27.2 Å². The lowest BCUT2D eigenvalue weighted by molar-refractivity contribution is 0.199. The van der Waals surface area contributed by atoms with E-state index in [1.165, 1.54) is 0 Å². The first kappa shape index (κ1) is 14.9. The summed E-state index contributed by atoms with van der Waals surface area (Å²) in [7, 11) is 4.13. The van der Waals surface area contributed by atoms with Gasteiger partial charge in [0.05, 0.1) is 5.56 Å². The number of hydrogen-bond acceptors (Lipinski definition) is 3. The largest absolute Gasteiger partial charge is 0.384 e. The van der Waals surface area contributed by atoms with Crippen LogP contribution in [0.3, 0.4) is 0 Å². The van der Waals surface area contributed by atoms with Gasteiger partial charge in [0.1, 0.15) is 11.7 Å². The molecule has 110 valence electrons. The SMILES string of the molecule is CN(C)CC1CCCN1Cc1cccc(C(=N)N)c1F. The average Bonchev–Trinajstić information content (AvgIpc) is 2.78. The zero-order valence-electron chi connectivity index (χ0n) is 12.2. The van der Waals surface area contributed by atoms with Gasteiger partial charge >= 0.3 is 0 Å². The van der Waals surface area contributed by atoms with Crippen LogP contribution in [0.5, 0.6) is 0 Å². The van der Waals surface area contributed by atoms with Crippen molar-refractivity contribution < 1.29 is 4.39 Å². The number of nitrogens with zero attached hydrogens (tertiary/aromatic N) is 2. The summed E-state index contributed by atoms with van der Waals surface area (Å²) in [5.41, 5.74) is 6.24. The second-order valence-electron chi connectivity index (χ2n) is 5.72. The number of likely N-dealkylation sites (N-methyl/N-ethyl adjacent to an activating group) is 1. The third kappa shape index (κ3) is 3.35. The topological polar surface area (TPSA) is 56.4 Å². The van der Waals surface area contributed by atoms with Gasteiger partial charge in [0, 0.05) is 24.7 Å². The Bertz CT molecular complexity index is 487. The van der Waals surface area contributed by atoms with Gasteiger partial charge in [-0.25, -0.2) is 4.39 Å². The van der Waals surface area contributed by atoms with Gasteiger partial charge in [-0.2, -0.15) is 0 Å². The molecule has 1 aromatic carbocycles. The molecule has 1 saturated heterocycles. The first-order valence-corrected chi connectivity index (χ1v) is 6.99. The lowest BCUT2D eigenvalue weighted by Gasteiger charge is -2.27. The molecule has 5 heteroatoms. The van der Waals surface area contributed by atoms with Crippen LogP contribution in [0, 0.1) is 11.2 Å². The summed E-state index contributed by atoms with van der Waals surface area (Å²) < 4.78 is 14.3. The van der Waals surface area contributed by atoms with E-state index in [-0.39, 0.29) is 17.2 Å². The monoisotopic (exact) mass is 278 g/mol. The molecule has 1 fully saturated rings. The number of rotatable bonds is 5. The van der Waals surface area contributed by atoms with Crippen molar-refractivity contribution in [2.45, 2.75) is 25.4 Å². The minimum absolute atomic E-state index is 0.200. The molecule has 1 aliphatic rings. The molecule has 0 aromatic heterocycles. The predicted octanol–water partition coefficient (Wildman–Crippen LogP) is 1.64. The summed E-state index contributed by atoms with van der Waals surface area (Å²) in [4.78, 5) is 4.49. The number of amidine groups is 1. The van der Waals surface area contributed by atoms with E-state index in [2.05, 4.69) is 23.9 Å². The molecular weight excluding hydrogens is 255 g/mol. The highest BCUT2D eigenvalue weighted by molar-refractivity contribution is 5.95. The fraction of sp³-hybridized carbons (Fsp3) is 0.533. The van der Waals surface area contributed by atoms with Crippen LogP contribution < -0.4 is 5.73 Å². The Hall–Kier alpha value is -1.46. The van der Waals surface area contributed by atoms with E-state index in [1.807, 2.05) is 0 Å². The molecule has 1 atom stereocenters. The van der Waals surface area contributed by atoms with E-state index in [0.29, 0.717) is 18.2 Å². The zero-order valence-corrected chi connectivity index (χ0v) is 12.2. The fourth-order valence-electron chi connectivity index (χ4n) is 2.86. The third-order valence-electron chi connectivity index (χ3n) is 3.82. The van der Waals surface area contributed by atoms with Crippen molar-refractivity contribution in [1.82, 2.24) is 9.80 Å². The number of nitrogens with two attached hydrogens (primary N) is 1. The molecule has 0 amide bonds. The lowest BCUT2D eigenvalue weighted by Crippen LogP contribution is -2.37. The number of nitrogen functional groups attached to an aromatic ring is 1. The minimum atomic E-state index is -0.351. The minimum Gasteiger partial charge on any atom is -0.384 e. The summed E-state index contributed by atoms with van der Waals surface area (Å²) in [5.74, 6) is -0.564. The Morgan fingerprint density at radius 3 is 2.90 bits per heavy atom. The fourth-order valence-corrected chi connectivity index (χ4v) is 2.86. The lowest BCUT2D eigenvalue weighted by atomic mass is 10.1. The predicted molar refractivity (Wildman–Crippen MR) is 79.4 cm³/mol. The number of nitrogens with one attached hydrogen (secondary N) is 1. The average molecular weight is 278 g/mol. The maximum absolute atomic E-state index is 14.3. The molecule has 20 heavy (non-hydrogen) atoms. The Labute approximate surface area is 119 Å². The number of likely N-dealkylation sites (tertiary alicyclic amines) is 1. The van der Waals surface area contributed by atoms with Gasteiger partial charge in [-0.1, -0.05) is 12.1 Å². The number of benzene rings is 1. The van der Waals surface area contributed by atoms with Crippen LogP contribution in [-0.4, -0.2) is 48.9 Å². The maximum atomic E-state index is 14.3. The van der Waals surface area contributed by atoms with Crippen LogP contribution in [0.1, 0.15) is 24.0 Å². The van der Waals surface area contributed by atoms with Crippen molar-refractivity contribution >= 4 is 5.84 Å². The zero-order chi connectivity index (χ0) is 14.7. The van der Waals surface area contributed by atoms with Crippen molar-refractivity contribution in [3.63, 3.8) is 0 Å². The Balaban J connectivity index is 2.13. The van der Waals surface area contributed by atoms with Crippen LogP contribution in [0.4, 0.5) is 4.39 Å². The van der Waals surface area contributed by atoms with Crippen LogP contribution in [0.2, 0.25) is 0 Å². The molecule has 2 rings (SSSR count). The number of halogens is 1. The molecule has 1 unspecified atom stereocenters. The van der Waals surface area contributed by atoms with Crippen molar-refractivity contribution in [1.29, 1.82) is 5.41 Å². The van der Waals surface area contributed by atoms with E-state index in [9.17, 15) is 4.39 Å². The smallest absolute Gasteiger partial charge is 0.138 e. The standard InChI is InChI=1S/C15H23FN4/c1-19(2)10-12-6-4-8-20(12)9-11-5-3-7-13(14(11)16)15(17)18/h3,5,7,12H,4,6,8-10H2,1-2H3,(H3,17,18). The number of hydrogen-bond donors (Lipinski definition) is 2. The molecular formula is C15H23FN4. The van der Waals surface area contributed by atoms with Crippen LogP contribution in [0.15, 0.2) is 18.2 Å². The molecule has 1 aromatic rings. The summed E-state index contributed by atoms with van der Waals surface area (Å²) >= 11 is 0. The van der Waals surface area contributed by atoms with Crippen LogP contribution in [-0.2, 0) is 6.54 Å². The molecule has 0 spiro atoms. The molecule has 1 aliphatic heterocycles. The summed E-state index contributed by atoms with van der Waals surface area (Å²) in [6.07, 6.45) is 2.32. The van der Waals surface area contributed by atoms with Gasteiger partial charge < -0.3 is 10.6 Å². The molecule has 3 N–H and O–H groups in total. The Morgan fingerprint density at radius 1 is 1.50 bits per heavy atom. The van der Waals surface area contributed by atoms with E-state index in [4.69, 9.17) is 11.1 Å². The summed E-state index contributed by atoms with van der Waals surface area (Å²) in [5, 5.41) is 7.41. The Kier molecular flexibility index (Phi) is 4.73.